The molecule has 0 aliphatic carbocycles. The van der Waals surface area contributed by atoms with Crippen LogP contribution in [0, 0.1) is 0 Å². The highest BCUT2D eigenvalue weighted by Gasteiger charge is 2.23. The van der Waals surface area contributed by atoms with Crippen molar-refractivity contribution in [1.29, 1.82) is 0 Å². The van der Waals surface area contributed by atoms with Crippen LogP contribution in [0.2, 0.25) is 0 Å². The SMILES string of the molecule is CCC(=O)c1c(NC(=O)c2nc(N3CCN(C)CC3)cnc2Nc2cncnc2)cnn1C. The van der Waals surface area contributed by atoms with Crippen LogP contribution in [0.1, 0.15) is 34.3 Å². The number of piperazine rings is 1. The van der Waals surface area contributed by atoms with Crippen molar-refractivity contribution >= 4 is 34.7 Å². The molecule has 0 atom stereocenters. The first-order valence-corrected chi connectivity index (χ1v) is 10.7. The lowest BCUT2D eigenvalue weighted by Gasteiger charge is -2.33. The lowest BCUT2D eigenvalue weighted by atomic mass is 10.2. The van der Waals surface area contributed by atoms with Crippen molar-refractivity contribution in [3.05, 3.63) is 42.5 Å². The molecule has 0 unspecified atom stereocenters. The molecule has 1 amide bonds. The maximum atomic E-state index is 13.3. The number of amides is 1. The molecular formula is C21H26N10O2. The Balaban J connectivity index is 1.67. The van der Waals surface area contributed by atoms with Gasteiger partial charge >= 0.3 is 0 Å². The number of aryl methyl sites for hydroxylation is 1. The summed E-state index contributed by atoms with van der Waals surface area (Å²) in [6.07, 6.45) is 7.95. The predicted octanol–water partition coefficient (Wildman–Crippen LogP) is 1.34. The molecule has 3 aromatic heterocycles. The number of carbonyl (C=O) groups excluding carboxylic acids is 2. The average molecular weight is 451 g/mol. The summed E-state index contributed by atoms with van der Waals surface area (Å²) >= 11 is 0. The summed E-state index contributed by atoms with van der Waals surface area (Å²) in [4.78, 5) is 47.1. The van der Waals surface area contributed by atoms with E-state index in [0.717, 1.165) is 26.2 Å². The number of hydrogen-bond acceptors (Lipinski definition) is 10. The molecule has 4 rings (SSSR count). The summed E-state index contributed by atoms with van der Waals surface area (Å²) in [5.41, 5.74) is 1.32. The molecule has 12 nitrogen and oxygen atoms in total. The maximum Gasteiger partial charge on any atom is 0.278 e. The van der Waals surface area contributed by atoms with Crippen LogP contribution in [-0.4, -0.2) is 79.5 Å². The zero-order valence-electron chi connectivity index (χ0n) is 18.8. The largest absolute Gasteiger partial charge is 0.353 e. The number of ketones is 1. The van der Waals surface area contributed by atoms with Crippen LogP contribution in [-0.2, 0) is 7.05 Å². The Morgan fingerprint density at radius 2 is 1.76 bits per heavy atom. The molecule has 1 saturated heterocycles. The smallest absolute Gasteiger partial charge is 0.278 e. The number of Topliss-reactive ketones (excluding diaryl/α,β-unsaturated/α-hetero) is 1. The zero-order valence-corrected chi connectivity index (χ0v) is 18.8. The zero-order chi connectivity index (χ0) is 23.4. The lowest BCUT2D eigenvalue weighted by molar-refractivity contribution is 0.0980. The summed E-state index contributed by atoms with van der Waals surface area (Å²) in [5, 5.41) is 9.96. The molecule has 33 heavy (non-hydrogen) atoms. The number of hydrogen-bond donors (Lipinski definition) is 2. The Morgan fingerprint density at radius 3 is 2.45 bits per heavy atom. The van der Waals surface area contributed by atoms with Crippen LogP contribution in [0.15, 0.2) is 31.1 Å². The minimum absolute atomic E-state index is 0.0917. The van der Waals surface area contributed by atoms with Gasteiger partial charge in [-0.15, -0.1) is 0 Å². The first-order chi connectivity index (χ1) is 16.0. The molecular weight excluding hydrogens is 424 g/mol. The molecule has 3 aromatic rings. The topological polar surface area (TPSA) is 134 Å². The summed E-state index contributed by atoms with van der Waals surface area (Å²) in [6.45, 7) is 5.11. The minimum Gasteiger partial charge on any atom is -0.353 e. The van der Waals surface area contributed by atoms with Gasteiger partial charge in [-0.3, -0.25) is 14.3 Å². The molecule has 2 N–H and O–H groups in total. The number of likely N-dealkylation sites (N-methyl/N-ethyl adjacent to an activating group) is 1. The molecule has 1 fully saturated rings. The van der Waals surface area contributed by atoms with Gasteiger partial charge in [-0.2, -0.15) is 5.10 Å². The van der Waals surface area contributed by atoms with Crippen molar-refractivity contribution in [2.24, 2.45) is 7.05 Å². The fourth-order valence-corrected chi connectivity index (χ4v) is 3.53. The van der Waals surface area contributed by atoms with Crippen molar-refractivity contribution in [2.45, 2.75) is 13.3 Å². The molecule has 0 saturated carbocycles. The van der Waals surface area contributed by atoms with Gasteiger partial charge in [0.1, 0.15) is 17.8 Å². The molecule has 0 aromatic carbocycles. The summed E-state index contributed by atoms with van der Waals surface area (Å²) in [6, 6.07) is 0. The van der Waals surface area contributed by atoms with E-state index in [9.17, 15) is 9.59 Å². The fraction of sp³-hybridized carbons (Fsp3) is 0.381. The Morgan fingerprint density at radius 1 is 1.03 bits per heavy atom. The van der Waals surface area contributed by atoms with Crippen LogP contribution in [0.4, 0.5) is 23.0 Å². The number of nitrogens with zero attached hydrogens (tertiary/aromatic N) is 8. The van der Waals surface area contributed by atoms with Gasteiger partial charge in [0.2, 0.25) is 0 Å². The van der Waals surface area contributed by atoms with Crippen molar-refractivity contribution in [3.8, 4) is 0 Å². The summed E-state index contributed by atoms with van der Waals surface area (Å²) in [5.74, 6) is 0.241. The van der Waals surface area contributed by atoms with Crippen LogP contribution in [0.5, 0.6) is 0 Å². The third kappa shape index (κ3) is 4.95. The summed E-state index contributed by atoms with van der Waals surface area (Å²) < 4.78 is 1.45. The molecule has 0 spiro atoms. The monoisotopic (exact) mass is 450 g/mol. The van der Waals surface area contributed by atoms with Gasteiger partial charge in [-0.25, -0.2) is 19.9 Å². The standard InChI is InChI=1S/C21H26N10O2/c1-4-16(32)19-15(11-25-30(19)3)27-21(33)18-20(26-14-9-22-13-23-10-14)24-12-17(28-18)31-7-5-29(2)6-8-31/h9-13H,4-8H2,1-3H3,(H,24,26)(H,27,33). The van der Waals surface area contributed by atoms with E-state index in [4.69, 9.17) is 0 Å². The molecule has 12 heteroatoms. The fourth-order valence-electron chi connectivity index (χ4n) is 3.53. The van der Waals surface area contributed by atoms with Gasteiger partial charge in [0, 0.05) is 39.6 Å². The Kier molecular flexibility index (Phi) is 6.54. The maximum absolute atomic E-state index is 13.3. The molecule has 0 radical (unpaired) electrons. The number of nitrogens with one attached hydrogen (secondary N) is 2. The molecule has 1 aliphatic rings. The molecule has 1 aliphatic heterocycles. The second kappa shape index (κ2) is 9.69. The molecule has 172 valence electrons. The van der Waals surface area contributed by atoms with E-state index >= 15 is 0 Å². The van der Waals surface area contributed by atoms with Crippen LogP contribution in [0.25, 0.3) is 0 Å². The predicted molar refractivity (Wildman–Crippen MR) is 123 cm³/mol. The third-order valence-corrected chi connectivity index (χ3v) is 5.40. The third-order valence-electron chi connectivity index (χ3n) is 5.40. The minimum atomic E-state index is -0.504. The van der Waals surface area contributed by atoms with E-state index in [1.807, 2.05) is 0 Å². The normalized spacial score (nSPS) is 14.2. The molecule has 0 bridgehead atoms. The molecule has 4 heterocycles. The van der Waals surface area contributed by atoms with E-state index in [-0.39, 0.29) is 17.3 Å². The van der Waals surface area contributed by atoms with Gasteiger partial charge in [-0.1, -0.05) is 6.92 Å². The highest BCUT2D eigenvalue weighted by molar-refractivity contribution is 6.10. The number of anilines is 4. The number of carbonyl (C=O) groups is 2. The van der Waals surface area contributed by atoms with Crippen LogP contribution < -0.4 is 15.5 Å². The Labute approximate surface area is 191 Å². The number of rotatable bonds is 7. The van der Waals surface area contributed by atoms with Crippen molar-refractivity contribution in [3.63, 3.8) is 0 Å². The van der Waals surface area contributed by atoms with Gasteiger partial charge in [-0.05, 0) is 7.05 Å². The van der Waals surface area contributed by atoms with E-state index in [2.05, 4.69) is 52.5 Å². The Bertz CT molecular complexity index is 1140. The van der Waals surface area contributed by atoms with Gasteiger partial charge in [0.25, 0.3) is 5.91 Å². The van der Waals surface area contributed by atoms with Gasteiger partial charge in [0.05, 0.1) is 36.2 Å². The van der Waals surface area contributed by atoms with Gasteiger partial charge in [0.15, 0.2) is 17.3 Å². The quantitative estimate of drug-likeness (QED) is 0.508. The lowest BCUT2D eigenvalue weighted by Crippen LogP contribution is -2.45. The van der Waals surface area contributed by atoms with E-state index < -0.39 is 5.91 Å². The van der Waals surface area contributed by atoms with Gasteiger partial charge < -0.3 is 20.4 Å². The Hall–Kier alpha value is -3.93. The van der Waals surface area contributed by atoms with Crippen LogP contribution in [0.3, 0.4) is 0 Å². The summed E-state index contributed by atoms with van der Waals surface area (Å²) in [7, 11) is 3.73. The average Bonchev–Trinajstić information content (AvgIpc) is 3.19. The van der Waals surface area contributed by atoms with Crippen molar-refractivity contribution in [2.75, 3.05) is 48.8 Å². The highest BCUT2D eigenvalue weighted by atomic mass is 16.2. The highest BCUT2D eigenvalue weighted by Crippen LogP contribution is 2.23. The second-order valence-electron chi connectivity index (χ2n) is 7.73. The first-order valence-electron chi connectivity index (χ1n) is 10.7. The van der Waals surface area contributed by atoms with E-state index in [1.165, 1.54) is 17.2 Å². The first kappa shape index (κ1) is 22.3. The van der Waals surface area contributed by atoms with E-state index in [0.29, 0.717) is 29.3 Å². The van der Waals surface area contributed by atoms with Crippen molar-refractivity contribution < 1.29 is 9.59 Å². The second-order valence-corrected chi connectivity index (χ2v) is 7.73. The van der Waals surface area contributed by atoms with Crippen molar-refractivity contribution in [1.82, 2.24) is 34.6 Å². The van der Waals surface area contributed by atoms with E-state index in [1.54, 1.807) is 32.6 Å². The van der Waals surface area contributed by atoms with Crippen LogP contribution >= 0.6 is 0 Å². The number of aromatic nitrogens is 6.